The van der Waals surface area contributed by atoms with Crippen LogP contribution in [0.25, 0.3) is 5.65 Å². The summed E-state index contributed by atoms with van der Waals surface area (Å²) in [5.41, 5.74) is 2.98. The summed E-state index contributed by atoms with van der Waals surface area (Å²) in [5.74, 6) is -0.527. The highest BCUT2D eigenvalue weighted by Crippen LogP contribution is 2.12. The molecule has 0 radical (unpaired) electrons. The summed E-state index contributed by atoms with van der Waals surface area (Å²) in [6.45, 7) is 2.29. The summed E-state index contributed by atoms with van der Waals surface area (Å²) in [6.07, 6.45) is 3.49. The third-order valence-corrected chi connectivity index (χ3v) is 4.23. The Labute approximate surface area is 154 Å². The Hall–Kier alpha value is -3.55. The highest BCUT2D eigenvalue weighted by molar-refractivity contribution is 5.94. The minimum atomic E-state index is -0.286. The van der Waals surface area contributed by atoms with Crippen LogP contribution < -0.4 is 5.32 Å². The zero-order valence-corrected chi connectivity index (χ0v) is 14.6. The van der Waals surface area contributed by atoms with Crippen molar-refractivity contribution in [3.8, 4) is 0 Å². The van der Waals surface area contributed by atoms with Crippen LogP contribution in [0.3, 0.4) is 0 Å². The van der Waals surface area contributed by atoms with Gasteiger partial charge in [-0.15, -0.1) is 5.10 Å². The van der Waals surface area contributed by atoms with Crippen LogP contribution in [-0.4, -0.2) is 30.3 Å². The average molecular weight is 364 g/mol. The average Bonchev–Trinajstić information content (AvgIpc) is 3.24. The number of nitrogens with zero attached hydrogens (tertiary/aromatic N) is 5. The molecular formula is C19H17FN6O. The summed E-state index contributed by atoms with van der Waals surface area (Å²) in [6, 6.07) is 12.1. The highest BCUT2D eigenvalue weighted by Gasteiger charge is 2.16. The Morgan fingerprint density at radius 2 is 2.00 bits per heavy atom. The van der Waals surface area contributed by atoms with Gasteiger partial charge < -0.3 is 5.32 Å². The molecule has 0 saturated carbocycles. The molecule has 0 saturated heterocycles. The van der Waals surface area contributed by atoms with Crippen molar-refractivity contribution in [2.24, 2.45) is 0 Å². The summed E-state index contributed by atoms with van der Waals surface area (Å²) >= 11 is 0. The first-order chi connectivity index (χ1) is 13.1. The van der Waals surface area contributed by atoms with Gasteiger partial charge in [0, 0.05) is 11.8 Å². The molecule has 136 valence electrons. The van der Waals surface area contributed by atoms with Crippen molar-refractivity contribution in [3.63, 3.8) is 0 Å². The third kappa shape index (κ3) is 3.41. The van der Waals surface area contributed by atoms with Crippen molar-refractivity contribution < 1.29 is 9.18 Å². The van der Waals surface area contributed by atoms with E-state index in [1.165, 1.54) is 6.07 Å². The van der Waals surface area contributed by atoms with Crippen LogP contribution >= 0.6 is 0 Å². The number of hydrogen-bond donors (Lipinski definition) is 1. The smallest absolute Gasteiger partial charge is 0.270 e. The SMILES string of the molecule is Cc1nc2ccccn2c1C(=O)NCc1cn(Cc2ccccc2F)nn1. The number of hydrogen-bond acceptors (Lipinski definition) is 4. The standard InChI is InChI=1S/C19H17FN6O/c1-13-18(26-9-5-4-8-17(26)22-13)19(27)21-10-15-12-25(24-23-15)11-14-6-2-3-7-16(14)20/h2-9,12H,10-11H2,1H3,(H,21,27). The van der Waals surface area contributed by atoms with Crippen LogP contribution in [0.5, 0.6) is 0 Å². The maximum atomic E-state index is 13.7. The Morgan fingerprint density at radius 3 is 2.85 bits per heavy atom. The maximum Gasteiger partial charge on any atom is 0.270 e. The molecule has 3 aromatic heterocycles. The largest absolute Gasteiger partial charge is 0.345 e. The number of amides is 1. The van der Waals surface area contributed by atoms with E-state index in [0.717, 1.165) is 5.65 Å². The molecule has 4 aromatic rings. The first kappa shape index (κ1) is 16.9. The predicted molar refractivity (Wildman–Crippen MR) is 96.6 cm³/mol. The van der Waals surface area contributed by atoms with Crippen LogP contribution in [0.4, 0.5) is 4.39 Å². The van der Waals surface area contributed by atoms with E-state index in [0.29, 0.717) is 22.6 Å². The van der Waals surface area contributed by atoms with Crippen LogP contribution in [0.1, 0.15) is 27.4 Å². The lowest BCUT2D eigenvalue weighted by Gasteiger charge is -2.04. The van der Waals surface area contributed by atoms with Gasteiger partial charge in [-0.1, -0.05) is 29.5 Å². The number of fused-ring (bicyclic) bond motifs is 1. The fourth-order valence-corrected chi connectivity index (χ4v) is 2.94. The Morgan fingerprint density at radius 1 is 1.19 bits per heavy atom. The first-order valence-electron chi connectivity index (χ1n) is 8.46. The lowest BCUT2D eigenvalue weighted by atomic mass is 10.2. The predicted octanol–water partition coefficient (Wildman–Crippen LogP) is 2.35. The van der Waals surface area contributed by atoms with Gasteiger partial charge in [-0.2, -0.15) is 0 Å². The van der Waals surface area contributed by atoms with Crippen molar-refractivity contribution in [1.29, 1.82) is 0 Å². The molecule has 4 rings (SSSR count). The number of aryl methyl sites for hydroxylation is 1. The number of imidazole rings is 1. The lowest BCUT2D eigenvalue weighted by Crippen LogP contribution is -2.25. The zero-order chi connectivity index (χ0) is 18.8. The fraction of sp³-hybridized carbons (Fsp3) is 0.158. The molecule has 0 aliphatic carbocycles. The van der Waals surface area contributed by atoms with E-state index in [4.69, 9.17) is 0 Å². The Balaban J connectivity index is 1.45. The quantitative estimate of drug-likeness (QED) is 0.590. The molecule has 7 nitrogen and oxygen atoms in total. The minimum absolute atomic E-state index is 0.218. The number of carbonyl (C=O) groups is 1. The molecule has 1 N–H and O–H groups in total. The summed E-state index contributed by atoms with van der Waals surface area (Å²) in [5, 5.41) is 10.9. The van der Waals surface area contributed by atoms with E-state index in [1.54, 1.807) is 46.6 Å². The van der Waals surface area contributed by atoms with Gasteiger partial charge in [0.05, 0.1) is 25.0 Å². The van der Waals surface area contributed by atoms with E-state index < -0.39 is 0 Å². The Kier molecular flexibility index (Phi) is 4.37. The monoisotopic (exact) mass is 364 g/mol. The van der Waals surface area contributed by atoms with E-state index in [2.05, 4.69) is 20.6 Å². The van der Waals surface area contributed by atoms with Gasteiger partial charge >= 0.3 is 0 Å². The van der Waals surface area contributed by atoms with Crippen LogP contribution in [-0.2, 0) is 13.1 Å². The van der Waals surface area contributed by atoms with Gasteiger partial charge in [0.15, 0.2) is 0 Å². The van der Waals surface area contributed by atoms with Crippen molar-refractivity contribution in [2.75, 3.05) is 0 Å². The van der Waals surface area contributed by atoms with Gasteiger partial charge in [0.1, 0.15) is 22.9 Å². The summed E-state index contributed by atoms with van der Waals surface area (Å²) in [4.78, 5) is 17.0. The number of benzene rings is 1. The van der Waals surface area contributed by atoms with Crippen molar-refractivity contribution >= 4 is 11.6 Å². The molecule has 0 aliphatic heterocycles. The van der Waals surface area contributed by atoms with Crippen LogP contribution in [0.2, 0.25) is 0 Å². The third-order valence-electron chi connectivity index (χ3n) is 4.23. The van der Waals surface area contributed by atoms with E-state index in [9.17, 15) is 9.18 Å². The first-order valence-corrected chi connectivity index (χ1v) is 8.46. The normalized spacial score (nSPS) is 11.0. The molecular weight excluding hydrogens is 347 g/mol. The number of rotatable bonds is 5. The maximum absolute atomic E-state index is 13.7. The topological polar surface area (TPSA) is 77.1 Å². The van der Waals surface area contributed by atoms with E-state index in [-0.39, 0.29) is 24.8 Å². The number of pyridine rings is 1. The lowest BCUT2D eigenvalue weighted by molar-refractivity contribution is 0.0944. The Bertz CT molecular complexity index is 1120. The second kappa shape index (κ2) is 6.99. The molecule has 3 heterocycles. The molecule has 0 atom stereocenters. The number of carbonyl (C=O) groups excluding carboxylic acids is 1. The van der Waals surface area contributed by atoms with Gasteiger partial charge in [-0.25, -0.2) is 14.1 Å². The van der Waals surface area contributed by atoms with Gasteiger partial charge in [-0.05, 0) is 25.1 Å². The molecule has 0 aliphatic rings. The van der Waals surface area contributed by atoms with Crippen LogP contribution in [0.15, 0.2) is 54.9 Å². The summed E-state index contributed by atoms with van der Waals surface area (Å²) < 4.78 is 17.0. The number of aromatic nitrogens is 5. The molecule has 1 aromatic carbocycles. The second-order valence-corrected chi connectivity index (χ2v) is 6.16. The van der Waals surface area contributed by atoms with Crippen molar-refractivity contribution in [1.82, 2.24) is 29.7 Å². The van der Waals surface area contributed by atoms with Gasteiger partial charge in [0.2, 0.25) is 0 Å². The minimum Gasteiger partial charge on any atom is -0.345 e. The molecule has 0 spiro atoms. The fourth-order valence-electron chi connectivity index (χ4n) is 2.94. The number of nitrogens with one attached hydrogen (secondary N) is 1. The second-order valence-electron chi connectivity index (χ2n) is 6.16. The molecule has 0 bridgehead atoms. The highest BCUT2D eigenvalue weighted by atomic mass is 19.1. The molecule has 0 fully saturated rings. The zero-order valence-electron chi connectivity index (χ0n) is 14.6. The van der Waals surface area contributed by atoms with Gasteiger partial charge in [0.25, 0.3) is 5.91 Å². The van der Waals surface area contributed by atoms with E-state index >= 15 is 0 Å². The molecule has 27 heavy (non-hydrogen) atoms. The van der Waals surface area contributed by atoms with Crippen molar-refractivity contribution in [3.05, 3.63) is 83.3 Å². The molecule has 0 unspecified atom stereocenters. The van der Waals surface area contributed by atoms with Crippen molar-refractivity contribution in [2.45, 2.75) is 20.0 Å². The van der Waals surface area contributed by atoms with E-state index in [1.807, 2.05) is 18.2 Å². The van der Waals surface area contributed by atoms with Crippen LogP contribution in [0, 0.1) is 12.7 Å². The molecule has 1 amide bonds. The van der Waals surface area contributed by atoms with Gasteiger partial charge in [-0.3, -0.25) is 9.20 Å². The number of halogens is 1. The summed E-state index contributed by atoms with van der Waals surface area (Å²) in [7, 11) is 0. The molecule has 8 heteroatoms.